The van der Waals surface area contributed by atoms with Crippen LogP contribution in [0.25, 0.3) is 0 Å². The standard InChI is InChI=1S/C15H13BrCl2/c16-13-7-4-8-15(18)12(13)9-10-14(17)11-5-2-1-3-6-11/h1-8,14H,9-10H2. The molecule has 3 heteroatoms. The normalized spacial score (nSPS) is 12.4. The van der Waals surface area contributed by atoms with Crippen LogP contribution >= 0.6 is 39.1 Å². The molecule has 0 aliphatic rings. The molecule has 0 N–H and O–H groups in total. The summed E-state index contributed by atoms with van der Waals surface area (Å²) < 4.78 is 1.05. The van der Waals surface area contributed by atoms with Crippen molar-refractivity contribution in [2.24, 2.45) is 0 Å². The molecular formula is C15H13BrCl2. The number of alkyl halides is 1. The van der Waals surface area contributed by atoms with Gasteiger partial charge in [-0.1, -0.05) is 63.9 Å². The zero-order valence-corrected chi connectivity index (χ0v) is 12.8. The van der Waals surface area contributed by atoms with E-state index >= 15 is 0 Å². The molecular weight excluding hydrogens is 331 g/mol. The van der Waals surface area contributed by atoms with E-state index in [2.05, 4.69) is 28.1 Å². The van der Waals surface area contributed by atoms with E-state index < -0.39 is 0 Å². The fraction of sp³-hybridized carbons (Fsp3) is 0.200. The van der Waals surface area contributed by atoms with Crippen LogP contribution in [0.15, 0.2) is 53.0 Å². The molecule has 0 aliphatic heterocycles. The molecule has 0 saturated heterocycles. The van der Waals surface area contributed by atoms with Crippen LogP contribution < -0.4 is 0 Å². The Balaban J connectivity index is 2.04. The lowest BCUT2D eigenvalue weighted by Crippen LogP contribution is -1.95. The van der Waals surface area contributed by atoms with Gasteiger partial charge in [0, 0.05) is 9.50 Å². The van der Waals surface area contributed by atoms with Crippen LogP contribution in [0, 0.1) is 0 Å². The van der Waals surface area contributed by atoms with Crippen LogP contribution in [-0.4, -0.2) is 0 Å². The molecule has 0 heterocycles. The summed E-state index contributed by atoms with van der Waals surface area (Å²) in [6, 6.07) is 16.0. The van der Waals surface area contributed by atoms with Crippen molar-refractivity contribution in [3.05, 3.63) is 69.2 Å². The maximum absolute atomic E-state index is 6.40. The molecule has 0 nitrogen and oxygen atoms in total. The molecule has 0 bridgehead atoms. The topological polar surface area (TPSA) is 0 Å². The third kappa shape index (κ3) is 3.50. The van der Waals surface area contributed by atoms with Crippen LogP contribution in [0.5, 0.6) is 0 Å². The van der Waals surface area contributed by atoms with Crippen LogP contribution in [0.3, 0.4) is 0 Å². The highest BCUT2D eigenvalue weighted by Crippen LogP contribution is 2.30. The second-order valence-electron chi connectivity index (χ2n) is 4.12. The number of hydrogen-bond donors (Lipinski definition) is 0. The number of hydrogen-bond acceptors (Lipinski definition) is 0. The van der Waals surface area contributed by atoms with Crippen LogP contribution in [0.1, 0.15) is 22.9 Å². The highest BCUT2D eigenvalue weighted by atomic mass is 79.9. The van der Waals surface area contributed by atoms with Gasteiger partial charge in [-0.05, 0) is 36.1 Å². The van der Waals surface area contributed by atoms with Crippen molar-refractivity contribution < 1.29 is 0 Å². The third-order valence-electron chi connectivity index (χ3n) is 2.87. The minimum absolute atomic E-state index is 0.0226. The highest BCUT2D eigenvalue weighted by molar-refractivity contribution is 9.10. The van der Waals surface area contributed by atoms with E-state index in [1.54, 1.807) is 0 Å². The second-order valence-corrected chi connectivity index (χ2v) is 5.91. The molecule has 2 rings (SSSR count). The Morgan fingerprint density at radius 2 is 1.72 bits per heavy atom. The van der Waals surface area contributed by atoms with Gasteiger partial charge >= 0.3 is 0 Å². The van der Waals surface area contributed by atoms with Crippen molar-refractivity contribution in [3.8, 4) is 0 Å². The van der Waals surface area contributed by atoms with Gasteiger partial charge in [0.2, 0.25) is 0 Å². The Morgan fingerprint density at radius 1 is 1.00 bits per heavy atom. The minimum atomic E-state index is 0.0226. The van der Waals surface area contributed by atoms with Gasteiger partial charge < -0.3 is 0 Å². The molecule has 1 unspecified atom stereocenters. The highest BCUT2D eigenvalue weighted by Gasteiger charge is 2.10. The zero-order chi connectivity index (χ0) is 13.0. The molecule has 0 spiro atoms. The fourth-order valence-electron chi connectivity index (χ4n) is 1.87. The van der Waals surface area contributed by atoms with Crippen molar-refractivity contribution in [1.82, 2.24) is 0 Å². The summed E-state index contributed by atoms with van der Waals surface area (Å²) in [6.07, 6.45) is 1.73. The minimum Gasteiger partial charge on any atom is -0.118 e. The molecule has 0 radical (unpaired) electrons. The Bertz CT molecular complexity index is 491. The molecule has 0 aromatic heterocycles. The van der Waals surface area contributed by atoms with E-state index in [1.165, 1.54) is 0 Å². The van der Waals surface area contributed by atoms with Gasteiger partial charge in [-0.3, -0.25) is 0 Å². The van der Waals surface area contributed by atoms with Gasteiger partial charge in [0.1, 0.15) is 0 Å². The van der Waals surface area contributed by atoms with Crippen molar-refractivity contribution in [2.45, 2.75) is 18.2 Å². The van der Waals surface area contributed by atoms with E-state index in [1.807, 2.05) is 36.4 Å². The lowest BCUT2D eigenvalue weighted by Gasteiger charge is -2.11. The van der Waals surface area contributed by atoms with E-state index in [-0.39, 0.29) is 5.38 Å². The molecule has 18 heavy (non-hydrogen) atoms. The van der Waals surface area contributed by atoms with Gasteiger partial charge in [0.15, 0.2) is 0 Å². The van der Waals surface area contributed by atoms with Crippen LogP contribution in [0.2, 0.25) is 5.02 Å². The van der Waals surface area contributed by atoms with Crippen LogP contribution in [0.4, 0.5) is 0 Å². The SMILES string of the molecule is Clc1cccc(Br)c1CCC(Cl)c1ccccc1. The van der Waals surface area contributed by atoms with E-state index in [0.29, 0.717) is 0 Å². The summed E-state index contributed by atoms with van der Waals surface area (Å²) in [5, 5.41) is 0.815. The largest absolute Gasteiger partial charge is 0.118 e. The van der Waals surface area contributed by atoms with E-state index in [4.69, 9.17) is 23.2 Å². The molecule has 0 saturated carbocycles. The summed E-state index contributed by atoms with van der Waals surface area (Å²) in [5.74, 6) is 0. The summed E-state index contributed by atoms with van der Waals surface area (Å²) in [7, 11) is 0. The molecule has 0 aliphatic carbocycles. The van der Waals surface area contributed by atoms with Gasteiger partial charge in [0.05, 0.1) is 5.38 Å². The van der Waals surface area contributed by atoms with Gasteiger partial charge in [-0.2, -0.15) is 0 Å². The van der Waals surface area contributed by atoms with Gasteiger partial charge in [-0.15, -0.1) is 11.6 Å². The maximum Gasteiger partial charge on any atom is 0.0588 e. The lowest BCUT2D eigenvalue weighted by molar-refractivity contribution is 0.791. The molecule has 2 aromatic carbocycles. The first-order chi connectivity index (χ1) is 8.68. The van der Waals surface area contributed by atoms with Crippen molar-refractivity contribution in [2.75, 3.05) is 0 Å². The third-order valence-corrected chi connectivity index (χ3v) is 4.44. The zero-order valence-electron chi connectivity index (χ0n) is 9.74. The van der Waals surface area contributed by atoms with Crippen molar-refractivity contribution in [3.63, 3.8) is 0 Å². The molecule has 0 fully saturated rings. The molecule has 2 aromatic rings. The number of halogens is 3. The Labute approximate surface area is 126 Å². The summed E-state index contributed by atoms with van der Waals surface area (Å²) in [4.78, 5) is 0. The van der Waals surface area contributed by atoms with Crippen molar-refractivity contribution in [1.29, 1.82) is 0 Å². The monoisotopic (exact) mass is 342 g/mol. The van der Waals surface area contributed by atoms with Gasteiger partial charge in [0.25, 0.3) is 0 Å². The predicted molar refractivity (Wildman–Crippen MR) is 82.5 cm³/mol. The Hall–Kier alpha value is -0.500. The molecule has 1 atom stereocenters. The predicted octanol–water partition coefficient (Wildman–Crippen LogP) is 6.02. The van der Waals surface area contributed by atoms with Crippen molar-refractivity contribution >= 4 is 39.1 Å². The molecule has 0 amide bonds. The number of rotatable bonds is 4. The fourth-order valence-corrected chi connectivity index (χ4v) is 3.07. The first-order valence-electron chi connectivity index (χ1n) is 5.80. The first-order valence-corrected chi connectivity index (χ1v) is 7.41. The summed E-state index contributed by atoms with van der Waals surface area (Å²) >= 11 is 16.1. The summed E-state index contributed by atoms with van der Waals surface area (Å²) in [6.45, 7) is 0. The maximum atomic E-state index is 6.40. The first kappa shape index (κ1) is 13.9. The Kier molecular flexibility index (Phi) is 5.11. The van der Waals surface area contributed by atoms with Gasteiger partial charge in [-0.25, -0.2) is 0 Å². The Morgan fingerprint density at radius 3 is 2.39 bits per heavy atom. The lowest BCUT2D eigenvalue weighted by atomic mass is 10.0. The number of benzene rings is 2. The smallest absolute Gasteiger partial charge is 0.0588 e. The quantitative estimate of drug-likeness (QED) is 0.596. The summed E-state index contributed by atoms with van der Waals surface area (Å²) in [5.41, 5.74) is 2.28. The second kappa shape index (κ2) is 6.60. The van der Waals surface area contributed by atoms with E-state index in [9.17, 15) is 0 Å². The average molecular weight is 344 g/mol. The molecule has 94 valence electrons. The van der Waals surface area contributed by atoms with Crippen LogP contribution in [-0.2, 0) is 6.42 Å². The average Bonchev–Trinajstić information content (AvgIpc) is 2.39. The van der Waals surface area contributed by atoms with E-state index in [0.717, 1.165) is 33.5 Å².